The fourth-order valence-corrected chi connectivity index (χ4v) is 6.91. The third-order valence-corrected chi connectivity index (χ3v) is 6.82. The van der Waals surface area contributed by atoms with Crippen molar-refractivity contribution in [2.45, 2.75) is 58.4 Å². The van der Waals surface area contributed by atoms with E-state index in [9.17, 15) is 4.79 Å². The number of carbonyl (C=O) groups excluding carboxylic acids is 1. The van der Waals surface area contributed by atoms with E-state index in [2.05, 4.69) is 19.2 Å². The zero-order valence-corrected chi connectivity index (χ0v) is 16.2. The molecule has 25 heavy (non-hydrogen) atoms. The van der Waals surface area contributed by atoms with Crippen LogP contribution in [0, 0.1) is 22.2 Å². The number of halogens is 1. The number of carbonyl (C=O) groups is 1. The summed E-state index contributed by atoms with van der Waals surface area (Å²) in [5.41, 5.74) is 7.95. The Bertz CT molecular complexity index is 629. The van der Waals surface area contributed by atoms with Gasteiger partial charge in [0.15, 0.2) is 0 Å². The summed E-state index contributed by atoms with van der Waals surface area (Å²) < 4.78 is 0. The van der Waals surface area contributed by atoms with Crippen molar-refractivity contribution in [3.05, 3.63) is 35.9 Å². The summed E-state index contributed by atoms with van der Waals surface area (Å²) >= 11 is 0. The van der Waals surface area contributed by atoms with Crippen LogP contribution in [0.2, 0.25) is 0 Å². The minimum Gasteiger partial charge on any atom is -0.354 e. The lowest BCUT2D eigenvalue weighted by atomic mass is 9.40. The molecule has 3 N–H and O–H groups in total. The van der Waals surface area contributed by atoms with Crippen molar-refractivity contribution in [2.24, 2.45) is 27.9 Å². The van der Waals surface area contributed by atoms with E-state index in [-0.39, 0.29) is 29.8 Å². The molecule has 3 nitrogen and oxygen atoms in total. The maximum atomic E-state index is 13.2. The average Bonchev–Trinajstić information content (AvgIpc) is 2.49. The largest absolute Gasteiger partial charge is 0.354 e. The van der Waals surface area contributed by atoms with Crippen molar-refractivity contribution in [1.82, 2.24) is 5.32 Å². The van der Waals surface area contributed by atoms with Crippen molar-refractivity contribution in [1.29, 1.82) is 0 Å². The Hall–Kier alpha value is -1.06. The van der Waals surface area contributed by atoms with Gasteiger partial charge in [0.25, 0.3) is 0 Å². The number of hydrogen-bond acceptors (Lipinski definition) is 2. The molecule has 4 fully saturated rings. The van der Waals surface area contributed by atoms with Crippen LogP contribution in [-0.2, 0) is 4.79 Å². The van der Waals surface area contributed by atoms with Crippen molar-refractivity contribution in [3.63, 3.8) is 0 Å². The number of rotatable bonds is 4. The lowest BCUT2D eigenvalue weighted by Crippen LogP contribution is -2.60. The van der Waals surface area contributed by atoms with Gasteiger partial charge in [-0.1, -0.05) is 44.2 Å². The molecular formula is C21H31ClN2O. The van der Waals surface area contributed by atoms with Crippen LogP contribution in [0.4, 0.5) is 0 Å². The van der Waals surface area contributed by atoms with E-state index in [0.717, 1.165) is 30.7 Å². The molecule has 1 amide bonds. The third-order valence-electron chi connectivity index (χ3n) is 6.82. The molecule has 1 aromatic rings. The Morgan fingerprint density at radius 2 is 1.72 bits per heavy atom. The van der Waals surface area contributed by atoms with Gasteiger partial charge in [-0.05, 0) is 60.8 Å². The molecule has 3 unspecified atom stereocenters. The number of amides is 1. The van der Waals surface area contributed by atoms with Gasteiger partial charge in [0.2, 0.25) is 5.91 Å². The molecule has 0 aromatic heterocycles. The first kappa shape index (κ1) is 18.7. The summed E-state index contributed by atoms with van der Waals surface area (Å²) in [6.45, 7) is 5.35. The SMILES string of the molecule is CC12CC3CC(C)(C1)CC(C(=O)NCC(N)c1ccccc1)(C3)C2.Cl. The minimum absolute atomic E-state index is 0. The molecule has 4 aliphatic carbocycles. The Morgan fingerprint density at radius 3 is 2.28 bits per heavy atom. The summed E-state index contributed by atoms with van der Waals surface area (Å²) in [6, 6.07) is 9.92. The smallest absolute Gasteiger partial charge is 0.226 e. The quantitative estimate of drug-likeness (QED) is 0.842. The standard InChI is InChI=1S/C21H30N2O.ClH/c1-19-8-15-9-20(2,12-19)14-21(10-15,13-19)18(24)23-11-17(22)16-6-4-3-5-7-16;/h3-7,15,17H,8-14,22H2,1-2H3,(H,23,24);1H. The highest BCUT2D eigenvalue weighted by atomic mass is 35.5. The van der Waals surface area contributed by atoms with Gasteiger partial charge >= 0.3 is 0 Å². The molecule has 4 bridgehead atoms. The Balaban J connectivity index is 0.00000182. The van der Waals surface area contributed by atoms with Gasteiger partial charge in [-0.15, -0.1) is 12.4 Å². The number of hydrogen-bond donors (Lipinski definition) is 2. The molecule has 5 rings (SSSR count). The van der Waals surface area contributed by atoms with E-state index < -0.39 is 0 Å². The molecular weight excluding hydrogens is 332 g/mol. The predicted octanol–water partition coefficient (Wildman–Crippen LogP) is 4.22. The second kappa shape index (κ2) is 6.28. The zero-order chi connectivity index (χ0) is 17.0. The monoisotopic (exact) mass is 362 g/mol. The molecule has 4 aliphatic rings. The summed E-state index contributed by atoms with van der Waals surface area (Å²) in [6.07, 6.45) is 7.17. The second-order valence-electron chi connectivity index (χ2n) is 9.64. The zero-order valence-electron chi connectivity index (χ0n) is 15.4. The molecule has 1 aromatic carbocycles. The molecule has 0 spiro atoms. The van der Waals surface area contributed by atoms with Crippen molar-refractivity contribution < 1.29 is 4.79 Å². The summed E-state index contributed by atoms with van der Waals surface area (Å²) in [5.74, 6) is 1.00. The molecule has 0 radical (unpaired) electrons. The van der Waals surface area contributed by atoms with Gasteiger partial charge in [-0.25, -0.2) is 0 Å². The van der Waals surface area contributed by atoms with Crippen LogP contribution in [0.15, 0.2) is 30.3 Å². The van der Waals surface area contributed by atoms with E-state index in [1.54, 1.807) is 0 Å². The molecule has 138 valence electrons. The molecule has 3 atom stereocenters. The number of nitrogens with two attached hydrogens (primary N) is 1. The summed E-state index contributed by atoms with van der Waals surface area (Å²) in [4.78, 5) is 13.2. The fraction of sp³-hybridized carbons (Fsp3) is 0.667. The first-order valence-electron chi connectivity index (χ1n) is 9.41. The van der Waals surface area contributed by atoms with Crippen LogP contribution in [0.25, 0.3) is 0 Å². The van der Waals surface area contributed by atoms with Crippen molar-refractivity contribution in [2.75, 3.05) is 6.54 Å². The summed E-state index contributed by atoms with van der Waals surface area (Å²) in [7, 11) is 0. The van der Waals surface area contributed by atoms with E-state index in [4.69, 9.17) is 5.73 Å². The van der Waals surface area contributed by atoms with Crippen LogP contribution < -0.4 is 11.1 Å². The van der Waals surface area contributed by atoms with Crippen LogP contribution in [-0.4, -0.2) is 12.5 Å². The summed E-state index contributed by atoms with van der Waals surface area (Å²) in [5, 5.41) is 3.21. The maximum Gasteiger partial charge on any atom is 0.226 e. The first-order chi connectivity index (χ1) is 11.3. The lowest BCUT2D eigenvalue weighted by Gasteiger charge is -2.64. The first-order valence-corrected chi connectivity index (χ1v) is 9.41. The van der Waals surface area contributed by atoms with Gasteiger partial charge in [-0.3, -0.25) is 4.79 Å². The van der Waals surface area contributed by atoms with Gasteiger partial charge in [0, 0.05) is 12.6 Å². The van der Waals surface area contributed by atoms with Gasteiger partial charge in [0.05, 0.1) is 5.41 Å². The molecule has 4 saturated carbocycles. The number of nitrogens with one attached hydrogen (secondary N) is 1. The van der Waals surface area contributed by atoms with Crippen LogP contribution >= 0.6 is 12.4 Å². The van der Waals surface area contributed by atoms with Gasteiger partial charge < -0.3 is 11.1 Å². The highest BCUT2D eigenvalue weighted by Gasteiger charge is 2.62. The maximum absolute atomic E-state index is 13.2. The molecule has 0 aliphatic heterocycles. The van der Waals surface area contributed by atoms with Gasteiger partial charge in [-0.2, -0.15) is 0 Å². The highest BCUT2D eigenvalue weighted by molar-refractivity contribution is 5.85. The molecule has 0 saturated heterocycles. The predicted molar refractivity (Wildman–Crippen MR) is 103 cm³/mol. The Kier molecular flexibility index (Phi) is 4.70. The lowest BCUT2D eigenvalue weighted by molar-refractivity contribution is -0.170. The second-order valence-corrected chi connectivity index (χ2v) is 9.64. The highest BCUT2D eigenvalue weighted by Crippen LogP contribution is 2.69. The fourth-order valence-electron chi connectivity index (χ4n) is 6.91. The molecule has 4 heteroatoms. The third kappa shape index (κ3) is 3.33. The van der Waals surface area contributed by atoms with Gasteiger partial charge in [0.1, 0.15) is 0 Å². The van der Waals surface area contributed by atoms with E-state index in [1.165, 1.54) is 19.3 Å². The van der Waals surface area contributed by atoms with E-state index in [1.807, 2.05) is 30.3 Å². The van der Waals surface area contributed by atoms with E-state index >= 15 is 0 Å². The Morgan fingerprint density at radius 1 is 1.12 bits per heavy atom. The average molecular weight is 363 g/mol. The molecule has 0 heterocycles. The Labute approximate surface area is 157 Å². The number of benzene rings is 1. The van der Waals surface area contributed by atoms with Crippen LogP contribution in [0.1, 0.15) is 64.0 Å². The topological polar surface area (TPSA) is 55.1 Å². The van der Waals surface area contributed by atoms with Crippen LogP contribution in [0.3, 0.4) is 0 Å². The normalized spacial score (nSPS) is 39.6. The van der Waals surface area contributed by atoms with E-state index in [0.29, 0.717) is 17.4 Å². The minimum atomic E-state index is -0.140. The van der Waals surface area contributed by atoms with Crippen LogP contribution in [0.5, 0.6) is 0 Å². The van der Waals surface area contributed by atoms with Crippen molar-refractivity contribution >= 4 is 18.3 Å². The van der Waals surface area contributed by atoms with Crippen molar-refractivity contribution in [3.8, 4) is 0 Å².